The number of nitrogens with zero attached hydrogens (tertiary/aromatic N) is 3. The first-order valence-corrected chi connectivity index (χ1v) is 10.5. The average Bonchev–Trinajstić information content (AvgIpc) is 3.10. The number of hydrogen-bond donors (Lipinski definition) is 0. The van der Waals surface area contributed by atoms with E-state index in [2.05, 4.69) is 21.8 Å². The standard InChI is InChI=1S/C21H25N3O2S/c1-16(25)24(14-18-4-11-27-15-18)19-13-21(19)5-9-23(10-6-21)20(26)12-17-2-7-22-8-3-17/h2-4,7-8,11,15,19H,5-6,9-10,12-14H2,1H3. The summed E-state index contributed by atoms with van der Waals surface area (Å²) in [5.41, 5.74) is 2.44. The summed E-state index contributed by atoms with van der Waals surface area (Å²) in [5.74, 6) is 0.342. The molecule has 1 saturated heterocycles. The number of carbonyl (C=O) groups is 2. The maximum absolute atomic E-state index is 12.6. The molecule has 5 nitrogen and oxygen atoms in total. The van der Waals surface area contributed by atoms with Crippen LogP contribution < -0.4 is 0 Å². The predicted octanol–water partition coefficient (Wildman–Crippen LogP) is 3.12. The van der Waals surface area contributed by atoms with Crippen LogP contribution in [0.4, 0.5) is 0 Å². The Morgan fingerprint density at radius 3 is 2.59 bits per heavy atom. The van der Waals surface area contributed by atoms with E-state index in [1.165, 1.54) is 5.56 Å². The van der Waals surface area contributed by atoms with Crippen molar-refractivity contribution in [2.75, 3.05) is 13.1 Å². The molecule has 0 bridgehead atoms. The van der Waals surface area contributed by atoms with Crippen molar-refractivity contribution >= 4 is 23.2 Å². The van der Waals surface area contributed by atoms with Gasteiger partial charge < -0.3 is 9.80 Å². The molecule has 1 spiro atoms. The second-order valence-electron chi connectivity index (χ2n) is 7.77. The van der Waals surface area contributed by atoms with Crippen LogP contribution in [-0.2, 0) is 22.6 Å². The lowest BCUT2D eigenvalue weighted by molar-refractivity contribution is -0.134. The van der Waals surface area contributed by atoms with Crippen LogP contribution in [0.15, 0.2) is 41.4 Å². The van der Waals surface area contributed by atoms with Gasteiger partial charge in [-0.1, -0.05) is 0 Å². The van der Waals surface area contributed by atoms with Gasteiger partial charge in [-0.25, -0.2) is 0 Å². The number of rotatable bonds is 5. The molecule has 2 amide bonds. The van der Waals surface area contributed by atoms with E-state index in [0.29, 0.717) is 19.0 Å². The monoisotopic (exact) mass is 383 g/mol. The lowest BCUT2D eigenvalue weighted by Gasteiger charge is -2.35. The number of aromatic nitrogens is 1. The van der Waals surface area contributed by atoms with Gasteiger partial charge in [0, 0.05) is 45.0 Å². The zero-order valence-electron chi connectivity index (χ0n) is 15.6. The minimum Gasteiger partial charge on any atom is -0.342 e. The molecule has 1 unspecified atom stereocenters. The van der Waals surface area contributed by atoms with Crippen LogP contribution in [0.25, 0.3) is 0 Å². The fourth-order valence-electron chi connectivity index (χ4n) is 4.31. The molecule has 2 aromatic heterocycles. The van der Waals surface area contributed by atoms with Crippen LogP contribution in [0, 0.1) is 5.41 Å². The summed E-state index contributed by atoms with van der Waals surface area (Å²) in [6.45, 7) is 3.97. The molecular formula is C21H25N3O2S. The molecule has 27 heavy (non-hydrogen) atoms. The maximum atomic E-state index is 12.6. The second kappa shape index (κ2) is 7.43. The highest BCUT2D eigenvalue weighted by Crippen LogP contribution is 2.57. The summed E-state index contributed by atoms with van der Waals surface area (Å²) >= 11 is 1.67. The molecular weight excluding hydrogens is 358 g/mol. The summed E-state index contributed by atoms with van der Waals surface area (Å²) < 4.78 is 0. The van der Waals surface area contributed by atoms with Crippen molar-refractivity contribution in [2.45, 2.75) is 45.2 Å². The van der Waals surface area contributed by atoms with Crippen molar-refractivity contribution in [3.8, 4) is 0 Å². The Bertz CT molecular complexity index is 798. The Balaban J connectivity index is 1.33. The SMILES string of the molecule is CC(=O)N(Cc1ccsc1)C1CC12CCN(C(=O)Cc1ccncc1)CC2. The number of thiophene rings is 1. The van der Waals surface area contributed by atoms with E-state index in [-0.39, 0.29) is 17.2 Å². The molecule has 0 N–H and O–H groups in total. The zero-order chi connectivity index (χ0) is 18.9. The Hall–Kier alpha value is -2.21. The Labute approximate surface area is 164 Å². The van der Waals surface area contributed by atoms with Crippen molar-refractivity contribution in [1.82, 2.24) is 14.8 Å². The van der Waals surface area contributed by atoms with E-state index in [1.54, 1.807) is 30.7 Å². The van der Waals surface area contributed by atoms with Crippen molar-refractivity contribution in [2.24, 2.45) is 5.41 Å². The van der Waals surface area contributed by atoms with Crippen molar-refractivity contribution in [1.29, 1.82) is 0 Å². The Morgan fingerprint density at radius 2 is 1.96 bits per heavy atom. The molecule has 1 atom stereocenters. The molecule has 0 aromatic carbocycles. The molecule has 6 heteroatoms. The zero-order valence-corrected chi connectivity index (χ0v) is 16.5. The predicted molar refractivity (Wildman–Crippen MR) is 105 cm³/mol. The number of likely N-dealkylation sites (tertiary alicyclic amines) is 1. The van der Waals surface area contributed by atoms with Crippen molar-refractivity contribution in [3.63, 3.8) is 0 Å². The van der Waals surface area contributed by atoms with E-state index in [4.69, 9.17) is 0 Å². The van der Waals surface area contributed by atoms with Crippen LogP contribution in [0.5, 0.6) is 0 Å². The van der Waals surface area contributed by atoms with Crippen LogP contribution >= 0.6 is 11.3 Å². The number of carbonyl (C=O) groups excluding carboxylic acids is 2. The first kappa shape index (κ1) is 18.2. The summed E-state index contributed by atoms with van der Waals surface area (Å²) in [7, 11) is 0. The van der Waals surface area contributed by atoms with Crippen LogP contribution in [0.1, 0.15) is 37.3 Å². The molecule has 0 radical (unpaired) electrons. The highest BCUT2D eigenvalue weighted by molar-refractivity contribution is 7.07. The van der Waals surface area contributed by atoms with Gasteiger partial charge in [0.25, 0.3) is 0 Å². The van der Waals surface area contributed by atoms with Gasteiger partial charge in [-0.15, -0.1) is 0 Å². The van der Waals surface area contributed by atoms with Crippen molar-refractivity contribution in [3.05, 3.63) is 52.5 Å². The fraction of sp³-hybridized carbons (Fsp3) is 0.476. The number of piperidine rings is 1. The highest BCUT2D eigenvalue weighted by atomic mass is 32.1. The highest BCUT2D eigenvalue weighted by Gasteiger charge is 2.58. The molecule has 2 aliphatic rings. The first-order valence-electron chi connectivity index (χ1n) is 9.52. The van der Waals surface area contributed by atoms with E-state index >= 15 is 0 Å². The van der Waals surface area contributed by atoms with Gasteiger partial charge in [0.15, 0.2) is 0 Å². The molecule has 3 heterocycles. The Kier molecular flexibility index (Phi) is 5.00. The summed E-state index contributed by atoms with van der Waals surface area (Å²) in [4.78, 5) is 32.8. The smallest absolute Gasteiger partial charge is 0.226 e. The van der Waals surface area contributed by atoms with Gasteiger partial charge in [0.2, 0.25) is 11.8 Å². The number of pyridine rings is 1. The van der Waals surface area contributed by atoms with Crippen LogP contribution in [-0.4, -0.2) is 45.7 Å². The summed E-state index contributed by atoms with van der Waals surface area (Å²) in [6, 6.07) is 6.22. The largest absolute Gasteiger partial charge is 0.342 e. The van der Waals surface area contributed by atoms with E-state index in [0.717, 1.165) is 37.9 Å². The maximum Gasteiger partial charge on any atom is 0.226 e. The average molecular weight is 384 g/mol. The Morgan fingerprint density at radius 1 is 1.22 bits per heavy atom. The molecule has 4 rings (SSSR count). The van der Waals surface area contributed by atoms with E-state index < -0.39 is 0 Å². The van der Waals surface area contributed by atoms with E-state index in [9.17, 15) is 9.59 Å². The fourth-order valence-corrected chi connectivity index (χ4v) is 4.97. The molecule has 2 aromatic rings. The molecule has 2 fully saturated rings. The quantitative estimate of drug-likeness (QED) is 0.797. The third-order valence-corrected chi connectivity index (χ3v) is 6.81. The van der Waals surface area contributed by atoms with Gasteiger partial charge in [0.05, 0.1) is 6.42 Å². The first-order chi connectivity index (χ1) is 13.1. The third kappa shape index (κ3) is 3.90. The topological polar surface area (TPSA) is 53.5 Å². The second-order valence-corrected chi connectivity index (χ2v) is 8.55. The minimum atomic E-state index is 0.152. The summed E-state index contributed by atoms with van der Waals surface area (Å²) in [5, 5.41) is 4.18. The lowest BCUT2D eigenvalue weighted by Crippen LogP contribution is -2.43. The van der Waals surface area contributed by atoms with Crippen molar-refractivity contribution < 1.29 is 9.59 Å². The summed E-state index contributed by atoms with van der Waals surface area (Å²) in [6.07, 6.45) is 6.96. The molecule has 1 aliphatic carbocycles. The third-order valence-electron chi connectivity index (χ3n) is 6.08. The molecule has 1 saturated carbocycles. The van der Waals surface area contributed by atoms with Crippen LogP contribution in [0.2, 0.25) is 0 Å². The minimum absolute atomic E-state index is 0.152. The number of amides is 2. The molecule has 142 valence electrons. The lowest BCUT2D eigenvalue weighted by atomic mass is 9.92. The molecule has 1 aliphatic heterocycles. The number of hydrogen-bond acceptors (Lipinski definition) is 4. The van der Waals surface area contributed by atoms with E-state index in [1.807, 2.05) is 21.9 Å². The van der Waals surface area contributed by atoms with Gasteiger partial charge >= 0.3 is 0 Å². The normalized spacial score (nSPS) is 20.5. The van der Waals surface area contributed by atoms with Gasteiger partial charge in [-0.2, -0.15) is 11.3 Å². The van der Waals surface area contributed by atoms with Gasteiger partial charge in [-0.3, -0.25) is 14.6 Å². The van der Waals surface area contributed by atoms with Gasteiger partial charge in [0.1, 0.15) is 0 Å². The van der Waals surface area contributed by atoms with Gasteiger partial charge in [-0.05, 0) is 64.8 Å². The van der Waals surface area contributed by atoms with Crippen LogP contribution in [0.3, 0.4) is 0 Å².